The number of hydrogen-bond acceptors (Lipinski definition) is 6. The Morgan fingerprint density at radius 2 is 1.95 bits per heavy atom. The van der Waals surface area contributed by atoms with Crippen LogP contribution in [0.3, 0.4) is 0 Å². The number of fused-ring (bicyclic) bond motifs is 1. The van der Waals surface area contributed by atoms with Crippen LogP contribution in [0.1, 0.15) is 25.5 Å². The molecule has 1 atom stereocenters. The summed E-state index contributed by atoms with van der Waals surface area (Å²) in [4.78, 5) is 31.7. The number of para-hydroxylation sites is 1. The molecule has 6 heteroatoms. The minimum Gasteiger partial charge on any atom is -0.370 e. The number of nitrogens with zero attached hydrogens (tertiary/aromatic N) is 1. The summed E-state index contributed by atoms with van der Waals surface area (Å²) < 4.78 is 0. The monoisotopic (exact) mass is 262 g/mol. The van der Waals surface area contributed by atoms with Crippen molar-refractivity contribution in [3.63, 3.8) is 0 Å². The van der Waals surface area contributed by atoms with Gasteiger partial charge in [0.15, 0.2) is 0 Å². The standard InChI is InChI=1S/C13H14N2O4/c1-9(16)18-14-12-7-8-15(19-10(2)17)13-6-4-3-5-11(12)13/h3-8,12,14H,1-2H3. The van der Waals surface area contributed by atoms with E-state index >= 15 is 0 Å². The molecule has 1 heterocycles. The molecule has 0 amide bonds. The van der Waals surface area contributed by atoms with E-state index < -0.39 is 11.9 Å². The highest BCUT2D eigenvalue weighted by Gasteiger charge is 2.22. The molecule has 6 nitrogen and oxygen atoms in total. The van der Waals surface area contributed by atoms with E-state index in [1.807, 2.05) is 24.3 Å². The van der Waals surface area contributed by atoms with Crippen LogP contribution in [0.4, 0.5) is 5.69 Å². The lowest BCUT2D eigenvalue weighted by Gasteiger charge is -2.28. The number of anilines is 1. The molecule has 0 radical (unpaired) electrons. The Morgan fingerprint density at radius 1 is 1.21 bits per heavy atom. The third-order valence-corrected chi connectivity index (χ3v) is 2.48. The van der Waals surface area contributed by atoms with E-state index in [-0.39, 0.29) is 6.04 Å². The number of carbonyl (C=O) groups excluding carboxylic acids is 2. The smallest absolute Gasteiger partial charge is 0.329 e. The van der Waals surface area contributed by atoms with Crippen LogP contribution in [0.25, 0.3) is 0 Å². The van der Waals surface area contributed by atoms with Crippen molar-refractivity contribution >= 4 is 17.6 Å². The molecule has 0 saturated carbocycles. The summed E-state index contributed by atoms with van der Waals surface area (Å²) in [5.41, 5.74) is 4.20. The lowest BCUT2D eigenvalue weighted by molar-refractivity contribution is -0.149. The summed E-state index contributed by atoms with van der Waals surface area (Å²) in [6.45, 7) is 2.65. The van der Waals surface area contributed by atoms with Crippen LogP contribution in [0.15, 0.2) is 36.5 Å². The van der Waals surface area contributed by atoms with Crippen LogP contribution in [-0.4, -0.2) is 11.9 Å². The molecule has 1 unspecified atom stereocenters. The van der Waals surface area contributed by atoms with Crippen LogP contribution in [-0.2, 0) is 19.3 Å². The molecular formula is C13H14N2O4. The van der Waals surface area contributed by atoms with Crippen molar-refractivity contribution in [1.82, 2.24) is 5.48 Å². The maximum atomic E-state index is 11.0. The van der Waals surface area contributed by atoms with Gasteiger partial charge in [-0.1, -0.05) is 18.2 Å². The van der Waals surface area contributed by atoms with Crippen LogP contribution in [0.2, 0.25) is 0 Å². The lowest BCUT2D eigenvalue weighted by atomic mass is 10.0. The Morgan fingerprint density at radius 3 is 2.63 bits per heavy atom. The van der Waals surface area contributed by atoms with Gasteiger partial charge in [-0.2, -0.15) is 5.06 Å². The number of rotatable bonds is 3. The first kappa shape index (κ1) is 13.1. The SMILES string of the molecule is CC(=O)ONC1C=CN(OC(C)=O)c2ccccc21. The van der Waals surface area contributed by atoms with Crippen LogP contribution in [0.5, 0.6) is 0 Å². The van der Waals surface area contributed by atoms with E-state index in [2.05, 4.69) is 5.48 Å². The normalized spacial score (nSPS) is 16.7. The van der Waals surface area contributed by atoms with Gasteiger partial charge in [0, 0.05) is 25.6 Å². The van der Waals surface area contributed by atoms with Crippen molar-refractivity contribution in [1.29, 1.82) is 0 Å². The van der Waals surface area contributed by atoms with Crippen LogP contribution >= 0.6 is 0 Å². The second kappa shape index (κ2) is 5.53. The van der Waals surface area contributed by atoms with Gasteiger partial charge in [0.25, 0.3) is 0 Å². The lowest BCUT2D eigenvalue weighted by Crippen LogP contribution is -2.30. The molecule has 0 aliphatic carbocycles. The second-order valence-corrected chi connectivity index (χ2v) is 4.00. The fourth-order valence-corrected chi connectivity index (χ4v) is 1.77. The summed E-state index contributed by atoms with van der Waals surface area (Å²) in [6, 6.07) is 7.07. The predicted octanol–water partition coefficient (Wildman–Crippen LogP) is 1.61. The van der Waals surface area contributed by atoms with Crippen molar-refractivity contribution in [2.75, 3.05) is 5.06 Å². The van der Waals surface area contributed by atoms with Crippen LogP contribution < -0.4 is 10.5 Å². The molecule has 2 rings (SSSR count). The Balaban J connectivity index is 2.23. The van der Waals surface area contributed by atoms with E-state index in [1.165, 1.54) is 18.9 Å². The van der Waals surface area contributed by atoms with Gasteiger partial charge in [-0.3, -0.25) is 4.79 Å². The molecule has 1 N–H and O–H groups in total. The highest BCUT2D eigenvalue weighted by molar-refractivity contribution is 5.70. The maximum Gasteiger partial charge on any atom is 0.329 e. The Labute approximate surface area is 110 Å². The van der Waals surface area contributed by atoms with Crippen LogP contribution in [0, 0.1) is 0 Å². The zero-order chi connectivity index (χ0) is 13.8. The van der Waals surface area contributed by atoms with E-state index in [1.54, 1.807) is 12.3 Å². The van der Waals surface area contributed by atoms with E-state index in [9.17, 15) is 9.59 Å². The molecule has 1 aliphatic heterocycles. The van der Waals surface area contributed by atoms with Gasteiger partial charge >= 0.3 is 11.9 Å². The largest absolute Gasteiger partial charge is 0.370 e. The van der Waals surface area contributed by atoms with E-state index in [0.29, 0.717) is 5.69 Å². The van der Waals surface area contributed by atoms with Crippen molar-refractivity contribution in [2.45, 2.75) is 19.9 Å². The average molecular weight is 262 g/mol. The second-order valence-electron chi connectivity index (χ2n) is 4.00. The molecule has 0 spiro atoms. The quantitative estimate of drug-likeness (QED) is 0.835. The average Bonchev–Trinajstić information content (AvgIpc) is 2.37. The van der Waals surface area contributed by atoms with Crippen molar-refractivity contribution in [3.8, 4) is 0 Å². The maximum absolute atomic E-state index is 11.0. The highest BCUT2D eigenvalue weighted by Crippen LogP contribution is 2.31. The molecule has 0 saturated heterocycles. The topological polar surface area (TPSA) is 67.9 Å². The number of hydroxylamine groups is 2. The predicted molar refractivity (Wildman–Crippen MR) is 67.5 cm³/mol. The van der Waals surface area contributed by atoms with Gasteiger partial charge in [-0.05, 0) is 12.1 Å². The van der Waals surface area contributed by atoms with Crippen molar-refractivity contribution in [3.05, 3.63) is 42.1 Å². The van der Waals surface area contributed by atoms with E-state index in [0.717, 1.165) is 5.56 Å². The molecule has 100 valence electrons. The number of benzene rings is 1. The first-order chi connectivity index (χ1) is 9.08. The molecule has 1 aromatic carbocycles. The summed E-state index contributed by atoms with van der Waals surface area (Å²) in [7, 11) is 0. The van der Waals surface area contributed by atoms with Crippen molar-refractivity contribution < 1.29 is 19.3 Å². The summed E-state index contributed by atoms with van der Waals surface area (Å²) in [5.74, 6) is -0.834. The Kier molecular flexibility index (Phi) is 3.82. The Bertz CT molecular complexity index is 527. The van der Waals surface area contributed by atoms with Gasteiger partial charge in [0.05, 0.1) is 11.7 Å². The number of carbonyl (C=O) groups is 2. The van der Waals surface area contributed by atoms with Gasteiger partial charge in [-0.15, -0.1) is 5.48 Å². The van der Waals surface area contributed by atoms with Gasteiger partial charge in [-0.25, -0.2) is 4.79 Å². The molecule has 0 aromatic heterocycles. The first-order valence-corrected chi connectivity index (χ1v) is 5.76. The Hall–Kier alpha value is -2.34. The van der Waals surface area contributed by atoms with Gasteiger partial charge in [0.1, 0.15) is 0 Å². The first-order valence-electron chi connectivity index (χ1n) is 5.76. The van der Waals surface area contributed by atoms with Gasteiger partial charge in [0.2, 0.25) is 0 Å². The molecule has 1 aromatic rings. The molecular weight excluding hydrogens is 248 g/mol. The minimum atomic E-state index is -0.423. The highest BCUT2D eigenvalue weighted by atomic mass is 16.7. The molecule has 1 aliphatic rings. The fourth-order valence-electron chi connectivity index (χ4n) is 1.77. The fraction of sp³-hybridized carbons (Fsp3) is 0.231. The minimum absolute atomic E-state index is 0.285. The summed E-state index contributed by atoms with van der Waals surface area (Å²) in [5, 5.41) is 1.38. The van der Waals surface area contributed by atoms with E-state index in [4.69, 9.17) is 9.68 Å². The summed E-state index contributed by atoms with van der Waals surface area (Å²) in [6.07, 6.45) is 3.33. The number of hydrogen-bond donors (Lipinski definition) is 1. The third-order valence-electron chi connectivity index (χ3n) is 2.48. The summed E-state index contributed by atoms with van der Waals surface area (Å²) >= 11 is 0. The molecule has 19 heavy (non-hydrogen) atoms. The van der Waals surface area contributed by atoms with Crippen molar-refractivity contribution in [2.24, 2.45) is 0 Å². The number of nitrogens with one attached hydrogen (secondary N) is 1. The third kappa shape index (κ3) is 3.11. The zero-order valence-corrected chi connectivity index (χ0v) is 10.6. The zero-order valence-electron chi connectivity index (χ0n) is 10.6. The molecule has 0 bridgehead atoms. The van der Waals surface area contributed by atoms with Gasteiger partial charge < -0.3 is 9.68 Å². The molecule has 0 fully saturated rings.